The van der Waals surface area contributed by atoms with E-state index in [-0.39, 0.29) is 12.2 Å². The monoisotopic (exact) mass is 501 g/mol. The van der Waals surface area contributed by atoms with E-state index in [9.17, 15) is 33.6 Å². The van der Waals surface area contributed by atoms with Crippen LogP contribution in [0.2, 0.25) is 0 Å². The number of nitrogens with one attached hydrogen (secondary N) is 2. The number of carboxylic acid groups (broad SMARTS) is 1. The maximum absolute atomic E-state index is 13.7. The van der Waals surface area contributed by atoms with Crippen LogP contribution in [0.4, 0.5) is 4.39 Å². The van der Waals surface area contributed by atoms with Crippen LogP contribution in [0.15, 0.2) is 46.1 Å². The lowest BCUT2D eigenvalue weighted by atomic mass is 9.97. The van der Waals surface area contributed by atoms with Gasteiger partial charge in [-0.05, 0) is 32.9 Å². The minimum Gasteiger partial charge on any atom is -0.480 e. The maximum atomic E-state index is 13.7. The third-order valence-corrected chi connectivity index (χ3v) is 6.93. The SMILES string of the molecule is CC(N[P@@](=O)(Oc1ccccc1)OC(C)(C)[C@H]1O[C@@H](n2cc(F)c(=O)[nH]c2=O)C[C@@H]1O)C(=O)O. The van der Waals surface area contributed by atoms with E-state index in [0.717, 1.165) is 4.57 Å². The van der Waals surface area contributed by atoms with E-state index >= 15 is 0 Å². The van der Waals surface area contributed by atoms with E-state index in [2.05, 4.69) is 5.09 Å². The molecule has 0 amide bonds. The van der Waals surface area contributed by atoms with Gasteiger partial charge < -0.3 is 19.5 Å². The number of H-pyrrole nitrogens is 1. The zero-order valence-corrected chi connectivity index (χ0v) is 19.4. The van der Waals surface area contributed by atoms with E-state index in [1.807, 2.05) is 0 Å². The Balaban J connectivity index is 1.86. The summed E-state index contributed by atoms with van der Waals surface area (Å²) in [5, 5.41) is 22.2. The molecule has 1 unspecified atom stereocenters. The Hall–Kier alpha value is -2.83. The van der Waals surface area contributed by atoms with Crippen molar-refractivity contribution in [2.45, 2.75) is 57.3 Å². The number of aliphatic carboxylic acids is 1. The van der Waals surface area contributed by atoms with Crippen molar-refractivity contribution in [2.75, 3.05) is 0 Å². The van der Waals surface area contributed by atoms with Gasteiger partial charge in [-0.15, -0.1) is 0 Å². The summed E-state index contributed by atoms with van der Waals surface area (Å²) in [5.41, 5.74) is -3.70. The number of aliphatic hydroxyl groups excluding tert-OH is 1. The van der Waals surface area contributed by atoms with Crippen molar-refractivity contribution in [2.24, 2.45) is 0 Å². The van der Waals surface area contributed by atoms with Crippen molar-refractivity contribution in [1.82, 2.24) is 14.6 Å². The van der Waals surface area contributed by atoms with Gasteiger partial charge in [0.15, 0.2) is 0 Å². The number of rotatable bonds is 9. The third kappa shape index (κ3) is 5.80. The highest BCUT2D eigenvalue weighted by Gasteiger charge is 2.49. The van der Waals surface area contributed by atoms with Gasteiger partial charge in [-0.1, -0.05) is 18.2 Å². The Morgan fingerprint density at radius 2 is 2.00 bits per heavy atom. The number of ether oxygens (including phenoxy) is 1. The number of benzene rings is 1. The normalized spacial score (nSPS) is 23.3. The van der Waals surface area contributed by atoms with E-state index in [4.69, 9.17) is 13.8 Å². The van der Waals surface area contributed by atoms with Gasteiger partial charge >= 0.3 is 19.4 Å². The minimum absolute atomic E-state index is 0.132. The fraction of sp³-hybridized carbons (Fsp3) is 0.450. The van der Waals surface area contributed by atoms with Crippen LogP contribution >= 0.6 is 7.75 Å². The lowest BCUT2D eigenvalue weighted by Gasteiger charge is -2.36. The lowest BCUT2D eigenvalue weighted by molar-refractivity contribution is -0.139. The molecule has 1 aliphatic heterocycles. The third-order valence-electron chi connectivity index (χ3n) is 5.06. The fourth-order valence-corrected chi connectivity index (χ4v) is 5.32. The lowest BCUT2D eigenvalue weighted by Crippen LogP contribution is -2.46. The van der Waals surface area contributed by atoms with Gasteiger partial charge in [0.2, 0.25) is 5.82 Å². The molecule has 1 aliphatic rings. The molecular weight excluding hydrogens is 476 g/mol. The van der Waals surface area contributed by atoms with Crippen LogP contribution < -0.4 is 20.9 Å². The van der Waals surface area contributed by atoms with Gasteiger partial charge in [0.25, 0.3) is 5.56 Å². The maximum Gasteiger partial charge on any atom is 0.460 e. The molecule has 4 N–H and O–H groups in total. The predicted octanol–water partition coefficient (Wildman–Crippen LogP) is 1.37. The van der Waals surface area contributed by atoms with Crippen molar-refractivity contribution in [3.8, 4) is 5.75 Å². The summed E-state index contributed by atoms with van der Waals surface area (Å²) < 4.78 is 45.0. The molecule has 34 heavy (non-hydrogen) atoms. The van der Waals surface area contributed by atoms with Crippen molar-refractivity contribution < 1.29 is 37.7 Å². The summed E-state index contributed by atoms with van der Waals surface area (Å²) in [4.78, 5) is 36.5. The number of halogens is 1. The molecule has 0 radical (unpaired) electrons. The number of aromatic amines is 1. The number of hydrogen-bond donors (Lipinski definition) is 4. The summed E-state index contributed by atoms with van der Waals surface area (Å²) in [6.45, 7) is 4.09. The molecule has 3 rings (SSSR count). The Bertz CT molecular complexity index is 1200. The molecule has 14 heteroatoms. The topological polar surface area (TPSA) is 169 Å². The summed E-state index contributed by atoms with van der Waals surface area (Å²) in [5.74, 6) is -2.40. The molecule has 5 atom stereocenters. The number of hydrogen-bond acceptors (Lipinski definition) is 8. The Kier molecular flexibility index (Phi) is 7.44. The zero-order chi connectivity index (χ0) is 25.3. The quantitative estimate of drug-likeness (QED) is 0.368. The van der Waals surface area contributed by atoms with E-state index in [1.165, 1.54) is 32.9 Å². The second-order valence-electron chi connectivity index (χ2n) is 8.24. The number of aromatic nitrogens is 2. The zero-order valence-electron chi connectivity index (χ0n) is 18.5. The molecule has 186 valence electrons. The number of para-hydroxylation sites is 1. The molecule has 12 nitrogen and oxygen atoms in total. The Morgan fingerprint density at radius 1 is 1.35 bits per heavy atom. The Labute approximate surface area is 192 Å². The van der Waals surface area contributed by atoms with Crippen molar-refractivity contribution in [1.29, 1.82) is 0 Å². The molecule has 2 heterocycles. The molecule has 0 saturated carbocycles. The van der Waals surface area contributed by atoms with Crippen LogP contribution in [-0.4, -0.2) is 49.6 Å². The average Bonchev–Trinajstić information content (AvgIpc) is 3.13. The van der Waals surface area contributed by atoms with E-state index in [1.54, 1.807) is 23.2 Å². The van der Waals surface area contributed by atoms with Crippen molar-refractivity contribution in [3.05, 3.63) is 63.2 Å². The molecule has 0 aliphatic carbocycles. The molecule has 0 bridgehead atoms. The number of carboxylic acids is 1. The number of aliphatic hydroxyl groups is 1. The highest BCUT2D eigenvalue weighted by atomic mass is 31.2. The standard InChI is InChI=1S/C20H25FN3O9P/c1-11(18(27)28)23-34(30,32-12-7-5-4-6-8-12)33-20(2,3)16-14(25)9-15(31-16)24-10-13(21)17(26)22-19(24)29/h4-8,10-11,14-16,25H,9H2,1-3H3,(H,23,30)(H,27,28)(H,22,26,29)/t11?,14-,15+,16-,34+/m0/s1. The smallest absolute Gasteiger partial charge is 0.460 e. The number of nitrogens with zero attached hydrogens (tertiary/aromatic N) is 1. The van der Waals surface area contributed by atoms with E-state index < -0.39 is 60.9 Å². The first-order valence-corrected chi connectivity index (χ1v) is 11.8. The average molecular weight is 501 g/mol. The first-order chi connectivity index (χ1) is 15.8. The first kappa shape index (κ1) is 25.8. The highest BCUT2D eigenvalue weighted by Crippen LogP contribution is 2.51. The van der Waals surface area contributed by atoms with Crippen LogP contribution in [0.5, 0.6) is 5.75 Å². The second kappa shape index (κ2) is 9.80. The largest absolute Gasteiger partial charge is 0.480 e. The first-order valence-electron chi connectivity index (χ1n) is 10.2. The van der Waals surface area contributed by atoms with Gasteiger partial charge in [-0.2, -0.15) is 9.48 Å². The highest BCUT2D eigenvalue weighted by molar-refractivity contribution is 7.52. The van der Waals surface area contributed by atoms with Crippen LogP contribution in [0.25, 0.3) is 0 Å². The summed E-state index contributed by atoms with van der Waals surface area (Å²) in [6.07, 6.45) is -3.14. The van der Waals surface area contributed by atoms with Crippen molar-refractivity contribution >= 4 is 13.7 Å². The summed E-state index contributed by atoms with van der Waals surface area (Å²) in [6, 6.07) is 6.58. The molecule has 1 fully saturated rings. The van der Waals surface area contributed by atoms with E-state index in [0.29, 0.717) is 6.20 Å². The van der Waals surface area contributed by atoms with Crippen LogP contribution in [-0.2, 0) is 18.6 Å². The van der Waals surface area contributed by atoms with Crippen LogP contribution in [0.3, 0.4) is 0 Å². The van der Waals surface area contributed by atoms with Gasteiger partial charge in [-0.25, -0.2) is 9.36 Å². The van der Waals surface area contributed by atoms with Crippen molar-refractivity contribution in [3.63, 3.8) is 0 Å². The molecule has 1 aromatic heterocycles. The van der Waals surface area contributed by atoms with Gasteiger partial charge in [0.05, 0.1) is 12.3 Å². The molecular formula is C20H25FN3O9P. The van der Waals surface area contributed by atoms with Crippen LogP contribution in [0, 0.1) is 5.82 Å². The second-order valence-corrected chi connectivity index (χ2v) is 9.86. The van der Waals surface area contributed by atoms with Gasteiger partial charge in [0, 0.05) is 6.42 Å². The molecule has 0 spiro atoms. The Morgan fingerprint density at radius 3 is 2.62 bits per heavy atom. The van der Waals surface area contributed by atoms with Gasteiger partial charge in [0.1, 0.15) is 29.7 Å². The minimum atomic E-state index is -4.37. The molecule has 2 aromatic rings. The molecule has 1 aromatic carbocycles. The molecule has 1 saturated heterocycles. The number of carbonyl (C=O) groups is 1. The fourth-order valence-electron chi connectivity index (χ4n) is 3.47. The van der Waals surface area contributed by atoms with Crippen LogP contribution in [0.1, 0.15) is 33.4 Å². The predicted molar refractivity (Wildman–Crippen MR) is 116 cm³/mol. The summed E-state index contributed by atoms with van der Waals surface area (Å²) >= 11 is 0. The van der Waals surface area contributed by atoms with Gasteiger partial charge in [-0.3, -0.25) is 23.7 Å². The summed E-state index contributed by atoms with van der Waals surface area (Å²) in [7, 11) is -4.37.